The number of aromatic hydroxyl groups is 1. The first-order valence-corrected chi connectivity index (χ1v) is 11.8. The summed E-state index contributed by atoms with van der Waals surface area (Å²) in [7, 11) is 0. The maximum absolute atomic E-state index is 12.0. The molecular formula is C29H37NO4. The second-order valence-corrected chi connectivity index (χ2v) is 7.54. The summed E-state index contributed by atoms with van der Waals surface area (Å²) in [6.45, 7) is 2.14. The number of aromatic carboxylic acids is 1. The molecule has 0 radical (unpaired) electrons. The average Bonchev–Trinajstić information content (AvgIpc) is 2.81. The first-order valence-electron chi connectivity index (χ1n) is 11.8. The van der Waals surface area contributed by atoms with Crippen molar-refractivity contribution in [1.29, 1.82) is 0 Å². The maximum Gasteiger partial charge on any atom is 0.339 e. The van der Waals surface area contributed by atoms with Gasteiger partial charge in [0.25, 0.3) is 0 Å². The summed E-state index contributed by atoms with van der Waals surface area (Å²) in [6.07, 6.45) is 32.3. The largest absolute Gasteiger partial charge is 0.507 e. The Bertz CT molecular complexity index is 920. The molecule has 1 aromatic carbocycles. The molecule has 0 bridgehead atoms. The van der Waals surface area contributed by atoms with E-state index in [9.17, 15) is 14.7 Å². The van der Waals surface area contributed by atoms with Crippen molar-refractivity contribution in [3.05, 3.63) is 96.7 Å². The van der Waals surface area contributed by atoms with E-state index in [2.05, 4.69) is 73.0 Å². The lowest BCUT2D eigenvalue weighted by atomic mass is 10.1. The van der Waals surface area contributed by atoms with E-state index in [0.717, 1.165) is 38.5 Å². The first kappa shape index (κ1) is 28.4. The van der Waals surface area contributed by atoms with Crippen LogP contribution in [0.4, 0.5) is 5.69 Å². The lowest BCUT2D eigenvalue weighted by molar-refractivity contribution is -0.116. The fraction of sp³-hybridized carbons (Fsp3) is 0.310. The van der Waals surface area contributed by atoms with Crippen molar-refractivity contribution in [3.8, 4) is 5.75 Å². The number of carboxylic acids is 1. The number of hydrogen-bond donors (Lipinski definition) is 3. The van der Waals surface area contributed by atoms with Gasteiger partial charge in [0, 0.05) is 12.1 Å². The van der Waals surface area contributed by atoms with Gasteiger partial charge in [-0.2, -0.15) is 0 Å². The van der Waals surface area contributed by atoms with E-state index in [1.165, 1.54) is 18.2 Å². The molecule has 5 heteroatoms. The van der Waals surface area contributed by atoms with E-state index in [1.54, 1.807) is 0 Å². The third-order valence-corrected chi connectivity index (χ3v) is 4.65. The van der Waals surface area contributed by atoms with Crippen LogP contribution >= 0.6 is 0 Å². The Balaban J connectivity index is 2.11. The van der Waals surface area contributed by atoms with Gasteiger partial charge in [-0.1, -0.05) is 79.8 Å². The van der Waals surface area contributed by atoms with Gasteiger partial charge in [-0.05, 0) is 63.1 Å². The van der Waals surface area contributed by atoms with Gasteiger partial charge in [0.2, 0.25) is 5.91 Å². The monoisotopic (exact) mass is 463 g/mol. The number of phenols is 1. The van der Waals surface area contributed by atoms with E-state index in [4.69, 9.17) is 5.11 Å². The van der Waals surface area contributed by atoms with Crippen LogP contribution < -0.4 is 5.32 Å². The van der Waals surface area contributed by atoms with Gasteiger partial charge in [-0.15, -0.1) is 0 Å². The molecule has 0 fully saturated rings. The SMILES string of the molecule is CC/C=C/C/C=C/C/C=C/C/C=C/C/C=C/C/C=C/CCC(=O)Nc1ccc(O)c(C(=O)O)c1. The van der Waals surface area contributed by atoms with Crippen molar-refractivity contribution in [2.45, 2.75) is 58.3 Å². The number of carbonyl (C=O) groups is 2. The Labute approximate surface area is 203 Å². The summed E-state index contributed by atoms with van der Waals surface area (Å²) in [5, 5.41) is 21.1. The molecule has 3 N–H and O–H groups in total. The molecule has 0 spiro atoms. The highest BCUT2D eigenvalue weighted by Crippen LogP contribution is 2.21. The highest BCUT2D eigenvalue weighted by molar-refractivity contribution is 5.95. The zero-order valence-corrected chi connectivity index (χ0v) is 20.0. The molecule has 0 aliphatic carbocycles. The van der Waals surface area contributed by atoms with Crippen LogP contribution in [0.25, 0.3) is 0 Å². The van der Waals surface area contributed by atoms with Crippen molar-refractivity contribution in [2.24, 2.45) is 0 Å². The molecule has 182 valence electrons. The van der Waals surface area contributed by atoms with Crippen LogP contribution in [0.2, 0.25) is 0 Å². The van der Waals surface area contributed by atoms with Crippen molar-refractivity contribution < 1.29 is 19.8 Å². The molecule has 1 aromatic rings. The Morgan fingerprint density at radius 2 is 1.24 bits per heavy atom. The number of benzene rings is 1. The van der Waals surface area contributed by atoms with E-state index in [-0.39, 0.29) is 17.2 Å². The van der Waals surface area contributed by atoms with Crippen LogP contribution in [-0.4, -0.2) is 22.1 Å². The van der Waals surface area contributed by atoms with Crippen LogP contribution in [0.1, 0.15) is 68.6 Å². The van der Waals surface area contributed by atoms with Crippen molar-refractivity contribution in [2.75, 3.05) is 5.32 Å². The van der Waals surface area contributed by atoms with Gasteiger partial charge < -0.3 is 15.5 Å². The molecule has 0 saturated heterocycles. The summed E-state index contributed by atoms with van der Waals surface area (Å²) in [6, 6.07) is 3.97. The predicted molar refractivity (Wildman–Crippen MR) is 141 cm³/mol. The number of carboxylic acid groups (broad SMARTS) is 1. The Morgan fingerprint density at radius 3 is 1.71 bits per heavy atom. The zero-order valence-electron chi connectivity index (χ0n) is 20.0. The number of amides is 1. The molecule has 0 aliphatic heterocycles. The maximum atomic E-state index is 12.0. The van der Waals surface area contributed by atoms with Crippen LogP contribution in [0, 0.1) is 0 Å². The molecule has 0 aliphatic rings. The minimum Gasteiger partial charge on any atom is -0.507 e. The fourth-order valence-electron chi connectivity index (χ4n) is 2.86. The van der Waals surface area contributed by atoms with Gasteiger partial charge >= 0.3 is 5.97 Å². The molecular weight excluding hydrogens is 426 g/mol. The molecule has 5 nitrogen and oxygen atoms in total. The Hall–Kier alpha value is -3.60. The smallest absolute Gasteiger partial charge is 0.339 e. The lowest BCUT2D eigenvalue weighted by Gasteiger charge is -2.06. The number of hydrogen-bond acceptors (Lipinski definition) is 3. The molecule has 0 unspecified atom stereocenters. The summed E-state index contributed by atoms with van der Waals surface area (Å²) < 4.78 is 0. The highest BCUT2D eigenvalue weighted by atomic mass is 16.4. The number of rotatable bonds is 16. The topological polar surface area (TPSA) is 86.6 Å². The number of nitrogens with one attached hydrogen (secondary N) is 1. The van der Waals surface area contributed by atoms with E-state index in [0.29, 0.717) is 18.5 Å². The fourth-order valence-corrected chi connectivity index (χ4v) is 2.86. The second-order valence-electron chi connectivity index (χ2n) is 7.54. The number of carbonyl (C=O) groups excluding carboxylic acids is 1. The molecule has 1 rings (SSSR count). The van der Waals surface area contributed by atoms with Crippen LogP contribution in [-0.2, 0) is 4.79 Å². The molecule has 0 heterocycles. The minimum absolute atomic E-state index is 0.207. The second kappa shape index (κ2) is 18.9. The average molecular weight is 464 g/mol. The quantitative estimate of drug-likeness (QED) is 0.175. The Kier molecular flexibility index (Phi) is 15.8. The first-order chi connectivity index (χ1) is 16.5. The number of anilines is 1. The molecule has 0 saturated carbocycles. The standard InChI is InChI=1S/C29H37NO4/c1-2-3-4-5-6-7-8-9-10-11-12-13-14-15-16-17-18-19-20-21-28(32)30-25-22-23-27(31)26(24-25)29(33)34/h3-4,6-7,9-10,12-13,15-16,18-19,22-24,31H,2,5,8,11,14,17,20-21H2,1H3,(H,30,32)(H,33,34)/b4-3+,7-6+,10-9+,13-12+,16-15+,19-18+. The Morgan fingerprint density at radius 1 is 0.765 bits per heavy atom. The lowest BCUT2D eigenvalue weighted by Crippen LogP contribution is -2.11. The van der Waals surface area contributed by atoms with Crippen molar-refractivity contribution in [3.63, 3.8) is 0 Å². The van der Waals surface area contributed by atoms with Gasteiger partial charge in [0.1, 0.15) is 11.3 Å². The van der Waals surface area contributed by atoms with Crippen LogP contribution in [0.3, 0.4) is 0 Å². The molecule has 34 heavy (non-hydrogen) atoms. The van der Waals surface area contributed by atoms with E-state index < -0.39 is 5.97 Å². The molecule has 0 atom stereocenters. The molecule has 0 aromatic heterocycles. The normalized spacial score (nSPS) is 12.4. The summed E-state index contributed by atoms with van der Waals surface area (Å²) >= 11 is 0. The minimum atomic E-state index is -1.24. The van der Waals surface area contributed by atoms with Crippen LogP contribution in [0.5, 0.6) is 5.75 Å². The van der Waals surface area contributed by atoms with E-state index in [1.807, 2.05) is 12.2 Å². The predicted octanol–water partition coefficient (Wildman–Crippen LogP) is 7.51. The number of allylic oxidation sites excluding steroid dienone is 12. The van der Waals surface area contributed by atoms with Crippen molar-refractivity contribution in [1.82, 2.24) is 0 Å². The van der Waals surface area contributed by atoms with Gasteiger partial charge in [0.15, 0.2) is 0 Å². The molecule has 1 amide bonds. The summed E-state index contributed by atoms with van der Waals surface area (Å²) in [5.41, 5.74) is 0.109. The van der Waals surface area contributed by atoms with E-state index >= 15 is 0 Å². The zero-order chi connectivity index (χ0) is 24.9. The highest BCUT2D eigenvalue weighted by Gasteiger charge is 2.11. The van der Waals surface area contributed by atoms with Gasteiger partial charge in [-0.3, -0.25) is 4.79 Å². The van der Waals surface area contributed by atoms with Crippen molar-refractivity contribution >= 4 is 17.6 Å². The van der Waals surface area contributed by atoms with Crippen LogP contribution in [0.15, 0.2) is 91.1 Å². The third-order valence-electron chi connectivity index (χ3n) is 4.65. The third kappa shape index (κ3) is 14.5. The van der Waals surface area contributed by atoms with Gasteiger partial charge in [0.05, 0.1) is 0 Å². The summed E-state index contributed by atoms with van der Waals surface area (Å²) in [4.78, 5) is 23.0. The van der Waals surface area contributed by atoms with Gasteiger partial charge in [-0.25, -0.2) is 4.79 Å². The summed E-state index contributed by atoms with van der Waals surface area (Å²) in [5.74, 6) is -1.78.